The van der Waals surface area contributed by atoms with Crippen molar-refractivity contribution in [3.05, 3.63) is 28.8 Å². The van der Waals surface area contributed by atoms with Gasteiger partial charge in [0.25, 0.3) is 0 Å². The zero-order valence-electron chi connectivity index (χ0n) is 22.8. The third-order valence-corrected chi connectivity index (χ3v) is 7.48. The van der Waals surface area contributed by atoms with E-state index in [1.165, 1.54) is 0 Å². The molecule has 0 aliphatic carbocycles. The summed E-state index contributed by atoms with van der Waals surface area (Å²) in [6, 6.07) is 4.79. The number of rotatable bonds is 3. The van der Waals surface area contributed by atoms with Crippen molar-refractivity contribution in [1.82, 2.24) is 14.7 Å². The summed E-state index contributed by atoms with van der Waals surface area (Å²) in [7, 11) is 0. The molecule has 0 aromatic heterocycles. The highest BCUT2D eigenvalue weighted by Crippen LogP contribution is 2.41. The number of amides is 3. The third-order valence-electron chi connectivity index (χ3n) is 7.25. The van der Waals surface area contributed by atoms with E-state index in [1.54, 1.807) is 14.7 Å². The summed E-state index contributed by atoms with van der Waals surface area (Å²) < 4.78 is 11.1. The Balaban J connectivity index is 1.57. The number of fused-ring (bicyclic) bond motifs is 1. The molecule has 1 aromatic carbocycles. The van der Waals surface area contributed by atoms with Gasteiger partial charge in [-0.2, -0.15) is 0 Å². The fourth-order valence-electron chi connectivity index (χ4n) is 5.37. The van der Waals surface area contributed by atoms with Gasteiger partial charge in [0.2, 0.25) is 11.8 Å². The Hall–Kier alpha value is -2.36. The van der Waals surface area contributed by atoms with Crippen LogP contribution < -0.4 is 4.90 Å². The minimum absolute atomic E-state index is 0.0648. The van der Waals surface area contributed by atoms with Crippen LogP contribution in [0.2, 0.25) is 5.02 Å². The number of halogens is 1. The van der Waals surface area contributed by atoms with Gasteiger partial charge in [-0.15, -0.1) is 0 Å². The molecule has 10 heteroatoms. The molecule has 2 fully saturated rings. The minimum Gasteiger partial charge on any atom is -0.444 e. The van der Waals surface area contributed by atoms with Gasteiger partial charge in [-0.1, -0.05) is 31.5 Å². The first-order valence-corrected chi connectivity index (χ1v) is 13.4. The summed E-state index contributed by atoms with van der Waals surface area (Å²) in [5, 5.41) is 0.578. The molecule has 37 heavy (non-hydrogen) atoms. The predicted octanol–water partition coefficient (Wildman–Crippen LogP) is 3.13. The maximum atomic E-state index is 13.7. The molecule has 0 N–H and O–H groups in total. The normalized spacial score (nSPS) is 24.1. The van der Waals surface area contributed by atoms with E-state index >= 15 is 0 Å². The van der Waals surface area contributed by atoms with Crippen LogP contribution in [0.4, 0.5) is 10.5 Å². The van der Waals surface area contributed by atoms with E-state index in [0.717, 1.165) is 11.3 Å². The van der Waals surface area contributed by atoms with Crippen LogP contribution in [0.1, 0.15) is 47.1 Å². The second-order valence-electron chi connectivity index (χ2n) is 11.9. The Bertz CT molecular complexity index is 1050. The van der Waals surface area contributed by atoms with Gasteiger partial charge in [0.1, 0.15) is 11.6 Å². The lowest BCUT2D eigenvalue weighted by molar-refractivity contribution is -0.145. The molecule has 0 unspecified atom stereocenters. The summed E-state index contributed by atoms with van der Waals surface area (Å²) in [5.74, 6) is -0.187. The molecule has 1 aromatic rings. The molecule has 0 radical (unpaired) electrons. The van der Waals surface area contributed by atoms with E-state index in [2.05, 4.69) is 13.8 Å². The van der Waals surface area contributed by atoms with Crippen molar-refractivity contribution in [2.24, 2.45) is 0 Å². The van der Waals surface area contributed by atoms with Crippen LogP contribution >= 0.6 is 11.6 Å². The van der Waals surface area contributed by atoms with E-state index in [9.17, 15) is 14.4 Å². The molecule has 3 aliphatic rings. The Morgan fingerprint density at radius 3 is 2.46 bits per heavy atom. The van der Waals surface area contributed by atoms with Crippen molar-refractivity contribution >= 4 is 35.2 Å². The van der Waals surface area contributed by atoms with Crippen molar-refractivity contribution in [2.45, 2.75) is 64.6 Å². The van der Waals surface area contributed by atoms with Gasteiger partial charge < -0.3 is 24.2 Å². The molecule has 2 saturated heterocycles. The number of piperazine rings is 1. The van der Waals surface area contributed by atoms with Gasteiger partial charge in [0.05, 0.1) is 19.8 Å². The molecule has 3 aliphatic heterocycles. The van der Waals surface area contributed by atoms with E-state index in [1.807, 2.05) is 50.8 Å². The summed E-state index contributed by atoms with van der Waals surface area (Å²) in [4.78, 5) is 47.5. The molecule has 4 rings (SSSR count). The smallest absolute Gasteiger partial charge is 0.410 e. The summed E-state index contributed by atoms with van der Waals surface area (Å²) in [6.07, 6.45) is -0.449. The van der Waals surface area contributed by atoms with Crippen molar-refractivity contribution < 1.29 is 23.9 Å². The number of ether oxygens (including phenoxy) is 2. The number of carbonyl (C=O) groups is 3. The summed E-state index contributed by atoms with van der Waals surface area (Å²) in [5.41, 5.74) is 1.04. The van der Waals surface area contributed by atoms with Gasteiger partial charge in [0, 0.05) is 54.9 Å². The molecule has 0 spiro atoms. The number of hydrogen-bond donors (Lipinski definition) is 0. The van der Waals surface area contributed by atoms with Crippen LogP contribution in [0.15, 0.2) is 18.2 Å². The highest BCUT2D eigenvalue weighted by molar-refractivity contribution is 6.31. The Kier molecular flexibility index (Phi) is 7.79. The molecule has 0 saturated carbocycles. The van der Waals surface area contributed by atoms with Gasteiger partial charge in [0.15, 0.2) is 0 Å². The quantitative estimate of drug-likeness (QED) is 0.592. The molecule has 0 bridgehead atoms. The maximum Gasteiger partial charge on any atom is 0.410 e. The van der Waals surface area contributed by atoms with E-state index in [0.29, 0.717) is 44.4 Å². The van der Waals surface area contributed by atoms with Crippen molar-refractivity contribution in [1.29, 1.82) is 0 Å². The molecular formula is C27H39ClN4O5. The lowest BCUT2D eigenvalue weighted by atomic mass is 9.87. The molecule has 2 atom stereocenters. The number of nitrogens with zero attached hydrogens (tertiary/aromatic N) is 4. The zero-order chi connectivity index (χ0) is 27.1. The summed E-state index contributed by atoms with van der Waals surface area (Å²) in [6.45, 7) is 14.7. The predicted molar refractivity (Wildman–Crippen MR) is 142 cm³/mol. The van der Waals surface area contributed by atoms with E-state index < -0.39 is 17.7 Å². The van der Waals surface area contributed by atoms with E-state index in [-0.39, 0.29) is 36.4 Å². The van der Waals surface area contributed by atoms with Crippen molar-refractivity contribution in [3.8, 4) is 0 Å². The van der Waals surface area contributed by atoms with Crippen LogP contribution in [-0.2, 0) is 24.5 Å². The van der Waals surface area contributed by atoms with E-state index in [4.69, 9.17) is 21.1 Å². The van der Waals surface area contributed by atoms with Crippen LogP contribution in [0.3, 0.4) is 0 Å². The van der Waals surface area contributed by atoms with Crippen LogP contribution in [0, 0.1) is 0 Å². The van der Waals surface area contributed by atoms with Crippen molar-refractivity contribution in [2.75, 3.05) is 57.4 Å². The Morgan fingerprint density at radius 2 is 1.81 bits per heavy atom. The number of morpholine rings is 1. The van der Waals surface area contributed by atoms with Gasteiger partial charge >= 0.3 is 6.09 Å². The molecule has 3 heterocycles. The molecule has 9 nitrogen and oxygen atoms in total. The zero-order valence-corrected chi connectivity index (χ0v) is 23.5. The topological polar surface area (TPSA) is 82.6 Å². The van der Waals surface area contributed by atoms with Gasteiger partial charge in [-0.3, -0.25) is 14.5 Å². The lowest BCUT2D eigenvalue weighted by Crippen LogP contribution is -2.65. The number of benzene rings is 1. The number of anilines is 1. The highest BCUT2D eigenvalue weighted by atomic mass is 35.5. The fourth-order valence-corrected chi connectivity index (χ4v) is 5.54. The number of hydrogen-bond acceptors (Lipinski definition) is 6. The average molecular weight is 535 g/mol. The SMILES string of the molecule is C[C@@H]1CN(CC(=O)N2CC(C)(C)c3ccc(Cl)cc32)[C@@H](C(=O)N2CCOCC2)CN1C(=O)OC(C)(C)C. The van der Waals surface area contributed by atoms with Crippen LogP contribution in [0.5, 0.6) is 0 Å². The second kappa shape index (κ2) is 10.4. The maximum absolute atomic E-state index is 13.7. The lowest BCUT2D eigenvalue weighted by Gasteiger charge is -2.46. The third kappa shape index (κ3) is 6.04. The first-order chi connectivity index (χ1) is 17.3. The Labute approximate surface area is 224 Å². The minimum atomic E-state index is -0.653. The molecule has 204 valence electrons. The second-order valence-corrected chi connectivity index (χ2v) is 12.3. The van der Waals surface area contributed by atoms with Crippen molar-refractivity contribution in [3.63, 3.8) is 0 Å². The van der Waals surface area contributed by atoms with Gasteiger partial charge in [-0.05, 0) is 45.4 Å². The Morgan fingerprint density at radius 1 is 1.14 bits per heavy atom. The largest absolute Gasteiger partial charge is 0.444 e. The highest BCUT2D eigenvalue weighted by Gasteiger charge is 2.44. The number of carbonyl (C=O) groups excluding carboxylic acids is 3. The summed E-state index contributed by atoms with van der Waals surface area (Å²) >= 11 is 6.28. The fraction of sp³-hybridized carbons (Fsp3) is 0.667. The van der Waals surface area contributed by atoms with Crippen LogP contribution in [0.25, 0.3) is 0 Å². The molecular weight excluding hydrogens is 496 g/mol. The monoisotopic (exact) mass is 534 g/mol. The first kappa shape index (κ1) is 27.7. The van der Waals surface area contributed by atoms with Gasteiger partial charge in [-0.25, -0.2) is 4.79 Å². The first-order valence-electron chi connectivity index (χ1n) is 13.0. The standard InChI is InChI=1S/C27H39ClN4O5/c1-18-14-30(16-23(33)32-17-27(5,6)20-8-7-19(28)13-21(20)32)22(24(34)29-9-11-36-12-10-29)15-31(18)25(35)37-26(2,3)4/h7-8,13,18,22H,9-12,14-17H2,1-6H3/t18-,22-/m1/s1. The average Bonchev–Trinajstić information content (AvgIpc) is 3.08. The molecule has 3 amide bonds. The van der Waals surface area contributed by atoms with Crippen LogP contribution in [-0.4, -0.2) is 103 Å².